The Balaban J connectivity index is 1.71. The maximum Gasteiger partial charge on any atom is 0.223 e. The Hall–Kier alpha value is -1.36. The fourth-order valence-corrected chi connectivity index (χ4v) is 2.54. The highest BCUT2D eigenvalue weighted by Crippen LogP contribution is 2.30. The van der Waals surface area contributed by atoms with Gasteiger partial charge in [0.05, 0.1) is 6.04 Å². The molecule has 92 valence electrons. The topological polar surface area (TPSA) is 59.0 Å². The van der Waals surface area contributed by atoms with Gasteiger partial charge in [0, 0.05) is 43.9 Å². The van der Waals surface area contributed by atoms with Crippen LogP contribution in [0.2, 0.25) is 0 Å². The predicted molar refractivity (Wildman–Crippen MR) is 63.5 cm³/mol. The van der Waals surface area contributed by atoms with Crippen molar-refractivity contribution in [1.82, 2.24) is 20.4 Å². The standard InChI is InChI=1S/C12H18N4O/c1-16-11(4-5-14-16)9-6-13-7-10(9)15-12(17)8-2-3-8/h4-5,8-10,13H,2-3,6-7H2,1H3,(H,15,17). The Morgan fingerprint density at radius 3 is 3.00 bits per heavy atom. The lowest BCUT2D eigenvalue weighted by Gasteiger charge is -2.20. The van der Waals surface area contributed by atoms with E-state index in [1.165, 1.54) is 5.69 Å². The van der Waals surface area contributed by atoms with E-state index in [0.717, 1.165) is 25.9 Å². The number of hydrogen-bond acceptors (Lipinski definition) is 3. The van der Waals surface area contributed by atoms with E-state index < -0.39 is 0 Å². The second kappa shape index (κ2) is 4.14. The molecule has 2 fully saturated rings. The molecule has 1 saturated carbocycles. The Labute approximate surface area is 101 Å². The summed E-state index contributed by atoms with van der Waals surface area (Å²) in [7, 11) is 1.95. The summed E-state index contributed by atoms with van der Waals surface area (Å²) in [5.41, 5.74) is 1.19. The van der Waals surface area contributed by atoms with Gasteiger partial charge in [-0.3, -0.25) is 9.48 Å². The van der Waals surface area contributed by atoms with Crippen LogP contribution in [0.15, 0.2) is 12.3 Å². The summed E-state index contributed by atoms with van der Waals surface area (Å²) in [6, 6.07) is 2.24. The summed E-state index contributed by atoms with van der Waals surface area (Å²) in [4.78, 5) is 11.8. The highest BCUT2D eigenvalue weighted by Gasteiger charge is 2.36. The molecule has 1 saturated heterocycles. The number of carbonyl (C=O) groups is 1. The summed E-state index contributed by atoms with van der Waals surface area (Å²) in [5.74, 6) is 0.846. The maximum absolute atomic E-state index is 11.8. The Kier molecular flexibility index (Phi) is 2.63. The van der Waals surface area contributed by atoms with Crippen molar-refractivity contribution in [3.8, 4) is 0 Å². The number of aryl methyl sites for hydroxylation is 1. The Morgan fingerprint density at radius 1 is 1.53 bits per heavy atom. The highest BCUT2D eigenvalue weighted by atomic mass is 16.2. The summed E-state index contributed by atoms with van der Waals surface area (Å²) in [6.45, 7) is 1.77. The Bertz CT molecular complexity index is 424. The molecule has 2 unspecified atom stereocenters. The third-order valence-electron chi connectivity index (χ3n) is 3.73. The molecular formula is C12H18N4O. The number of aromatic nitrogens is 2. The molecule has 1 amide bonds. The van der Waals surface area contributed by atoms with Gasteiger partial charge in [-0.1, -0.05) is 0 Å². The summed E-state index contributed by atoms with van der Waals surface area (Å²) in [5, 5.41) is 10.7. The van der Waals surface area contributed by atoms with Gasteiger partial charge in [0.15, 0.2) is 0 Å². The van der Waals surface area contributed by atoms with Crippen molar-refractivity contribution in [2.75, 3.05) is 13.1 Å². The van der Waals surface area contributed by atoms with Crippen LogP contribution in [0.3, 0.4) is 0 Å². The largest absolute Gasteiger partial charge is 0.351 e. The van der Waals surface area contributed by atoms with Gasteiger partial charge in [-0.2, -0.15) is 5.10 Å². The molecule has 2 heterocycles. The van der Waals surface area contributed by atoms with E-state index in [0.29, 0.717) is 5.92 Å². The van der Waals surface area contributed by atoms with Gasteiger partial charge in [-0.05, 0) is 18.9 Å². The lowest BCUT2D eigenvalue weighted by molar-refractivity contribution is -0.123. The molecule has 17 heavy (non-hydrogen) atoms. The normalized spacial score (nSPS) is 28.3. The monoisotopic (exact) mass is 234 g/mol. The van der Waals surface area contributed by atoms with Crippen LogP contribution in [-0.2, 0) is 11.8 Å². The van der Waals surface area contributed by atoms with Crippen LogP contribution in [-0.4, -0.2) is 34.8 Å². The molecule has 0 spiro atoms. The van der Waals surface area contributed by atoms with E-state index in [-0.39, 0.29) is 17.9 Å². The average molecular weight is 234 g/mol. The van der Waals surface area contributed by atoms with E-state index in [1.54, 1.807) is 0 Å². The molecule has 1 aliphatic heterocycles. The molecular weight excluding hydrogens is 216 g/mol. The van der Waals surface area contributed by atoms with E-state index in [9.17, 15) is 4.79 Å². The minimum absolute atomic E-state index is 0.207. The highest BCUT2D eigenvalue weighted by molar-refractivity contribution is 5.81. The predicted octanol–water partition coefficient (Wildman–Crippen LogP) is 0.00170. The van der Waals surface area contributed by atoms with Crippen LogP contribution in [0.4, 0.5) is 0 Å². The number of nitrogens with zero attached hydrogens (tertiary/aromatic N) is 2. The first-order valence-corrected chi connectivity index (χ1v) is 6.24. The van der Waals surface area contributed by atoms with Crippen molar-refractivity contribution < 1.29 is 4.79 Å². The molecule has 2 atom stereocenters. The molecule has 1 aromatic heterocycles. The summed E-state index contributed by atoms with van der Waals surface area (Å²) in [6.07, 6.45) is 3.93. The zero-order chi connectivity index (χ0) is 11.8. The molecule has 0 bridgehead atoms. The van der Waals surface area contributed by atoms with Crippen LogP contribution in [0, 0.1) is 5.92 Å². The molecule has 2 aliphatic rings. The van der Waals surface area contributed by atoms with Gasteiger partial charge in [-0.25, -0.2) is 0 Å². The number of hydrogen-bond donors (Lipinski definition) is 2. The smallest absolute Gasteiger partial charge is 0.223 e. The van der Waals surface area contributed by atoms with Crippen molar-refractivity contribution in [1.29, 1.82) is 0 Å². The molecule has 5 nitrogen and oxygen atoms in total. The molecule has 3 rings (SSSR count). The van der Waals surface area contributed by atoms with Crippen LogP contribution >= 0.6 is 0 Å². The zero-order valence-electron chi connectivity index (χ0n) is 10.0. The maximum atomic E-state index is 11.8. The molecule has 1 aliphatic carbocycles. The van der Waals surface area contributed by atoms with Crippen molar-refractivity contribution in [3.05, 3.63) is 18.0 Å². The number of carbonyl (C=O) groups excluding carboxylic acids is 1. The molecule has 2 N–H and O–H groups in total. The average Bonchev–Trinajstić information content (AvgIpc) is 2.94. The van der Waals surface area contributed by atoms with Gasteiger partial charge in [0.1, 0.15) is 0 Å². The first-order chi connectivity index (χ1) is 8.25. The van der Waals surface area contributed by atoms with Crippen molar-refractivity contribution in [2.24, 2.45) is 13.0 Å². The quantitative estimate of drug-likeness (QED) is 0.774. The molecule has 1 aromatic rings. The number of amides is 1. The molecule has 0 radical (unpaired) electrons. The number of nitrogens with one attached hydrogen (secondary N) is 2. The summed E-state index contributed by atoms with van der Waals surface area (Å²) < 4.78 is 1.90. The minimum Gasteiger partial charge on any atom is -0.351 e. The van der Waals surface area contributed by atoms with Crippen LogP contribution in [0.1, 0.15) is 24.5 Å². The van der Waals surface area contributed by atoms with E-state index in [1.807, 2.05) is 24.0 Å². The van der Waals surface area contributed by atoms with Crippen molar-refractivity contribution >= 4 is 5.91 Å². The zero-order valence-corrected chi connectivity index (χ0v) is 10.0. The van der Waals surface area contributed by atoms with E-state index >= 15 is 0 Å². The Morgan fingerprint density at radius 2 is 2.35 bits per heavy atom. The summed E-state index contributed by atoms with van der Waals surface area (Å²) >= 11 is 0. The third kappa shape index (κ3) is 2.07. The third-order valence-corrected chi connectivity index (χ3v) is 3.73. The van der Waals surface area contributed by atoms with Gasteiger partial charge in [0.25, 0.3) is 0 Å². The van der Waals surface area contributed by atoms with Crippen LogP contribution in [0.25, 0.3) is 0 Å². The van der Waals surface area contributed by atoms with Crippen LogP contribution < -0.4 is 10.6 Å². The lowest BCUT2D eigenvalue weighted by atomic mass is 9.99. The SMILES string of the molecule is Cn1nccc1C1CNCC1NC(=O)C1CC1. The second-order valence-corrected chi connectivity index (χ2v) is 5.03. The lowest BCUT2D eigenvalue weighted by Crippen LogP contribution is -2.40. The van der Waals surface area contributed by atoms with E-state index in [2.05, 4.69) is 15.7 Å². The van der Waals surface area contributed by atoms with Gasteiger partial charge < -0.3 is 10.6 Å². The van der Waals surface area contributed by atoms with Gasteiger partial charge >= 0.3 is 0 Å². The molecule has 0 aromatic carbocycles. The van der Waals surface area contributed by atoms with Gasteiger partial charge in [-0.15, -0.1) is 0 Å². The fraction of sp³-hybridized carbons (Fsp3) is 0.667. The second-order valence-electron chi connectivity index (χ2n) is 5.03. The van der Waals surface area contributed by atoms with E-state index in [4.69, 9.17) is 0 Å². The molecule has 5 heteroatoms. The first-order valence-electron chi connectivity index (χ1n) is 6.24. The van der Waals surface area contributed by atoms with Crippen molar-refractivity contribution in [3.63, 3.8) is 0 Å². The number of rotatable bonds is 3. The minimum atomic E-state index is 0.207. The first kappa shape index (κ1) is 10.8. The fourth-order valence-electron chi connectivity index (χ4n) is 2.54. The van der Waals surface area contributed by atoms with Crippen LogP contribution in [0.5, 0.6) is 0 Å². The van der Waals surface area contributed by atoms with Gasteiger partial charge in [0.2, 0.25) is 5.91 Å². The van der Waals surface area contributed by atoms with Crippen molar-refractivity contribution in [2.45, 2.75) is 24.8 Å².